The van der Waals surface area contributed by atoms with Gasteiger partial charge < -0.3 is 9.64 Å². The first-order valence-electron chi connectivity index (χ1n) is 6.15. The van der Waals surface area contributed by atoms with Gasteiger partial charge in [0.25, 0.3) is 0 Å². The normalized spacial score (nSPS) is 15.3. The molecule has 1 aliphatic rings. The van der Waals surface area contributed by atoms with Crippen LogP contribution in [-0.2, 0) is 0 Å². The molecule has 2 rings (SSSR count). The maximum Gasteiger partial charge on any atom is 0.318 e. The monoisotopic (exact) mass is 333 g/mol. The minimum Gasteiger partial charge on any atom is -0.467 e. The Morgan fingerprint density at radius 3 is 2.89 bits per heavy atom. The lowest BCUT2D eigenvalue weighted by Crippen LogP contribution is -2.41. The summed E-state index contributed by atoms with van der Waals surface area (Å²) >= 11 is 9.69. The first kappa shape index (κ1) is 13.9. The summed E-state index contributed by atoms with van der Waals surface area (Å²) in [5, 5.41) is 1.58. The van der Waals surface area contributed by atoms with Crippen LogP contribution < -0.4 is 9.64 Å². The van der Waals surface area contributed by atoms with E-state index in [-0.39, 0.29) is 0 Å². The van der Waals surface area contributed by atoms with E-state index >= 15 is 0 Å². The Labute approximate surface area is 121 Å². The number of alkyl halides is 1. The lowest BCUT2D eigenvalue weighted by molar-refractivity contribution is 0.368. The number of ether oxygens (including phenoxy) is 1. The molecular weight excluding hydrogens is 318 g/mol. The van der Waals surface area contributed by atoms with Crippen LogP contribution in [0.15, 0.2) is 6.20 Å². The summed E-state index contributed by atoms with van der Waals surface area (Å²) in [6.07, 6.45) is 6.40. The summed E-state index contributed by atoms with van der Waals surface area (Å²) in [4.78, 5) is 10.7. The van der Waals surface area contributed by atoms with Gasteiger partial charge in [0.1, 0.15) is 5.02 Å². The SMILES string of the molecule is COc1ncc(Cl)c(N(CCCBr)C2CCC2)n1. The predicted molar refractivity (Wildman–Crippen MR) is 77.0 cm³/mol. The Kier molecular flexibility index (Phi) is 5.06. The first-order chi connectivity index (χ1) is 8.76. The van der Waals surface area contributed by atoms with Crippen molar-refractivity contribution in [1.29, 1.82) is 0 Å². The molecule has 0 spiro atoms. The summed E-state index contributed by atoms with van der Waals surface area (Å²) in [6, 6.07) is 0.929. The van der Waals surface area contributed by atoms with E-state index < -0.39 is 0 Å². The summed E-state index contributed by atoms with van der Waals surface area (Å²) in [6.45, 7) is 0.954. The van der Waals surface area contributed by atoms with Gasteiger partial charge in [0.2, 0.25) is 0 Å². The molecule has 6 heteroatoms. The van der Waals surface area contributed by atoms with E-state index in [1.54, 1.807) is 13.3 Å². The second-order valence-corrected chi connectivity index (χ2v) is 5.55. The van der Waals surface area contributed by atoms with Gasteiger partial charge in [-0.25, -0.2) is 4.98 Å². The van der Waals surface area contributed by atoms with Crippen LogP contribution in [0.5, 0.6) is 6.01 Å². The number of hydrogen-bond donors (Lipinski definition) is 0. The van der Waals surface area contributed by atoms with Gasteiger partial charge in [0.15, 0.2) is 5.82 Å². The molecule has 0 bridgehead atoms. The van der Waals surface area contributed by atoms with E-state index in [1.165, 1.54) is 19.3 Å². The van der Waals surface area contributed by atoms with Crippen LogP contribution in [0.25, 0.3) is 0 Å². The zero-order valence-electron chi connectivity index (χ0n) is 10.4. The molecule has 1 aromatic rings. The molecule has 1 heterocycles. The molecule has 1 aromatic heterocycles. The van der Waals surface area contributed by atoms with Crippen molar-refractivity contribution in [3.63, 3.8) is 0 Å². The minimum absolute atomic E-state index is 0.373. The van der Waals surface area contributed by atoms with Crippen molar-refractivity contribution in [3.05, 3.63) is 11.2 Å². The largest absolute Gasteiger partial charge is 0.467 e. The standard InChI is InChI=1S/C12H17BrClN3O/c1-18-12-15-8-10(14)11(16-12)17(7-3-6-13)9-4-2-5-9/h8-9H,2-7H2,1H3. The average molecular weight is 335 g/mol. The Morgan fingerprint density at radius 2 is 2.33 bits per heavy atom. The van der Waals surface area contributed by atoms with Crippen molar-refractivity contribution in [2.45, 2.75) is 31.7 Å². The van der Waals surface area contributed by atoms with E-state index in [2.05, 4.69) is 30.8 Å². The second-order valence-electron chi connectivity index (χ2n) is 4.35. The number of nitrogens with zero attached hydrogens (tertiary/aromatic N) is 3. The van der Waals surface area contributed by atoms with E-state index in [4.69, 9.17) is 16.3 Å². The fraction of sp³-hybridized carbons (Fsp3) is 0.667. The molecule has 100 valence electrons. The number of rotatable bonds is 6. The second kappa shape index (κ2) is 6.57. The molecule has 0 aromatic carbocycles. The fourth-order valence-corrected chi connectivity index (χ4v) is 2.48. The van der Waals surface area contributed by atoms with Crippen molar-refractivity contribution >= 4 is 33.3 Å². The molecule has 0 amide bonds. The van der Waals surface area contributed by atoms with Gasteiger partial charge in [-0.3, -0.25) is 0 Å². The zero-order chi connectivity index (χ0) is 13.0. The van der Waals surface area contributed by atoms with Crippen molar-refractivity contribution in [2.75, 3.05) is 23.9 Å². The molecular formula is C12H17BrClN3O. The van der Waals surface area contributed by atoms with Gasteiger partial charge in [0.05, 0.1) is 13.3 Å². The van der Waals surface area contributed by atoms with Crippen molar-refractivity contribution in [2.24, 2.45) is 0 Å². The van der Waals surface area contributed by atoms with Crippen LogP contribution >= 0.6 is 27.5 Å². The predicted octanol–water partition coefficient (Wildman–Crippen LogP) is 3.28. The lowest BCUT2D eigenvalue weighted by atomic mass is 9.91. The van der Waals surface area contributed by atoms with Gasteiger partial charge in [-0.15, -0.1) is 0 Å². The van der Waals surface area contributed by atoms with E-state index in [1.807, 2.05) is 0 Å². The lowest BCUT2D eigenvalue weighted by Gasteiger charge is -2.38. The molecule has 4 nitrogen and oxygen atoms in total. The molecule has 0 N–H and O–H groups in total. The zero-order valence-corrected chi connectivity index (χ0v) is 12.7. The summed E-state index contributed by atoms with van der Waals surface area (Å²) in [7, 11) is 1.57. The summed E-state index contributed by atoms with van der Waals surface area (Å²) in [5.41, 5.74) is 0. The van der Waals surface area contributed by atoms with Gasteiger partial charge in [-0.05, 0) is 25.7 Å². The third kappa shape index (κ3) is 3.06. The Balaban J connectivity index is 2.22. The molecule has 0 atom stereocenters. The number of aromatic nitrogens is 2. The van der Waals surface area contributed by atoms with E-state index in [0.29, 0.717) is 17.1 Å². The molecule has 1 saturated carbocycles. The smallest absolute Gasteiger partial charge is 0.318 e. The molecule has 1 fully saturated rings. The van der Waals surface area contributed by atoms with Crippen LogP contribution in [0.4, 0.5) is 5.82 Å². The van der Waals surface area contributed by atoms with Crippen LogP contribution in [0.1, 0.15) is 25.7 Å². The number of hydrogen-bond acceptors (Lipinski definition) is 4. The first-order valence-corrected chi connectivity index (χ1v) is 7.65. The molecule has 0 saturated heterocycles. The molecule has 0 aliphatic heterocycles. The van der Waals surface area contributed by atoms with Gasteiger partial charge in [-0.1, -0.05) is 27.5 Å². The highest BCUT2D eigenvalue weighted by molar-refractivity contribution is 9.09. The maximum atomic E-state index is 6.22. The van der Waals surface area contributed by atoms with Gasteiger partial charge >= 0.3 is 6.01 Å². The van der Waals surface area contributed by atoms with Gasteiger partial charge in [-0.2, -0.15) is 4.98 Å². The Bertz CT molecular complexity index is 401. The topological polar surface area (TPSA) is 38.2 Å². The molecule has 0 radical (unpaired) electrons. The van der Waals surface area contributed by atoms with Crippen LogP contribution in [0.3, 0.4) is 0 Å². The average Bonchev–Trinajstić information content (AvgIpc) is 2.33. The molecule has 1 aliphatic carbocycles. The van der Waals surface area contributed by atoms with Crippen molar-refractivity contribution in [3.8, 4) is 6.01 Å². The van der Waals surface area contributed by atoms with Crippen molar-refractivity contribution in [1.82, 2.24) is 9.97 Å². The third-order valence-electron chi connectivity index (χ3n) is 3.21. The Hall–Kier alpha value is -0.550. The highest BCUT2D eigenvalue weighted by atomic mass is 79.9. The number of halogens is 2. The Morgan fingerprint density at radius 1 is 1.56 bits per heavy atom. The molecule has 0 unspecified atom stereocenters. The summed E-state index contributed by atoms with van der Waals surface area (Å²) in [5.74, 6) is 0.800. The quantitative estimate of drug-likeness (QED) is 0.748. The molecule has 18 heavy (non-hydrogen) atoms. The highest BCUT2D eigenvalue weighted by Crippen LogP contribution is 2.33. The van der Waals surface area contributed by atoms with Crippen LogP contribution in [-0.4, -0.2) is 35.0 Å². The van der Waals surface area contributed by atoms with Gasteiger partial charge in [0, 0.05) is 17.9 Å². The van der Waals surface area contributed by atoms with Crippen LogP contribution in [0.2, 0.25) is 5.02 Å². The maximum absolute atomic E-state index is 6.22. The van der Waals surface area contributed by atoms with E-state index in [9.17, 15) is 0 Å². The third-order valence-corrected chi connectivity index (χ3v) is 4.03. The number of anilines is 1. The van der Waals surface area contributed by atoms with E-state index in [0.717, 1.165) is 24.1 Å². The van der Waals surface area contributed by atoms with Crippen molar-refractivity contribution < 1.29 is 4.74 Å². The minimum atomic E-state index is 0.373. The highest BCUT2D eigenvalue weighted by Gasteiger charge is 2.27. The van der Waals surface area contributed by atoms with Crippen LogP contribution in [0, 0.1) is 0 Å². The fourth-order valence-electron chi connectivity index (χ4n) is 2.03. The number of methoxy groups -OCH3 is 1. The summed E-state index contributed by atoms with van der Waals surface area (Å²) < 4.78 is 5.08.